The number of hydrogen-bond acceptors (Lipinski definition) is 6. The third kappa shape index (κ3) is 23.0. The summed E-state index contributed by atoms with van der Waals surface area (Å²) in [4.78, 5) is 74.5. The third-order valence-corrected chi connectivity index (χ3v) is 22.5. The molecule has 10 aromatic rings. The van der Waals surface area contributed by atoms with Crippen LogP contribution in [0.5, 0.6) is 0 Å². The topological polar surface area (TPSA) is 163 Å². The molecule has 0 saturated heterocycles. The van der Waals surface area contributed by atoms with Gasteiger partial charge in [-0.25, -0.2) is 22.0 Å². The molecule has 0 fully saturated rings. The van der Waals surface area contributed by atoms with Crippen molar-refractivity contribution in [2.75, 3.05) is 26.6 Å². The average molecular weight is 1620 g/mol. The predicted octanol–water partition coefficient (Wildman–Crippen LogP) is 24.3. The quantitative estimate of drug-likeness (QED) is 0.0450. The van der Waals surface area contributed by atoms with Gasteiger partial charge in [0.25, 0.3) is 29.5 Å². The summed E-state index contributed by atoms with van der Waals surface area (Å²) in [7, 11) is 0. The number of amides is 5. The number of rotatable bonds is 17. The second-order valence-electron chi connectivity index (χ2n) is 32.6. The van der Waals surface area contributed by atoms with Crippen LogP contribution in [0.4, 0.5) is 50.4 Å². The Morgan fingerprint density at radius 3 is 1.00 bits per heavy atom. The van der Waals surface area contributed by atoms with E-state index in [9.17, 15) is 50.7 Å². The van der Waals surface area contributed by atoms with Gasteiger partial charge in [-0.1, -0.05) is 194 Å². The van der Waals surface area contributed by atoms with Crippen LogP contribution >= 0.6 is 0 Å². The van der Waals surface area contributed by atoms with Gasteiger partial charge in [0.2, 0.25) is 0 Å². The molecule has 620 valence electrons. The number of benzene rings is 10. The first-order valence-electron chi connectivity index (χ1n) is 41.8. The number of carbonyl (C=O) groups excluding carboxylic acids is 6. The smallest absolute Gasteiger partial charge is 0.256 e. The normalized spacial score (nSPS) is 13.6. The van der Waals surface area contributed by atoms with Crippen LogP contribution in [-0.4, -0.2) is 35.3 Å². The van der Waals surface area contributed by atoms with Crippen LogP contribution in [0.1, 0.15) is 234 Å². The zero-order valence-electron chi connectivity index (χ0n) is 70.2. The SMILES string of the molecule is C=C1CCc2cc(NC(=O)c3cc(C)ccc3CC)c(F)cc2C1.C=C1CCc2cc(NC(=O)c3ccccc3C(C)C)c(F)cc2C1.C=C1CCc2cc(NC(=O)c3ccccc3CC)c(F)cc2C1.C=C1CCc2cc(NC(=O)c3ccccc3CCC)c(F)cc2C1.CC(C)Cc1ccccc1C(=O)Nc1cc2c(cc1F)CC(=O)CC2. The van der Waals surface area contributed by atoms with Gasteiger partial charge in [0.15, 0.2) is 0 Å². The Morgan fingerprint density at radius 2 is 0.633 bits per heavy atom. The van der Waals surface area contributed by atoms with E-state index >= 15 is 0 Å². The maximum Gasteiger partial charge on any atom is 0.256 e. The Bertz CT molecular complexity index is 5620. The Kier molecular flexibility index (Phi) is 30.3. The molecule has 0 saturated carbocycles. The molecule has 10 aromatic carbocycles. The maximum absolute atomic E-state index is 14.4. The van der Waals surface area contributed by atoms with Crippen LogP contribution in [0, 0.1) is 41.9 Å². The van der Waals surface area contributed by atoms with Crippen molar-refractivity contribution in [3.05, 3.63) is 370 Å². The van der Waals surface area contributed by atoms with Gasteiger partial charge >= 0.3 is 0 Å². The largest absolute Gasteiger partial charge is 0.319 e. The van der Waals surface area contributed by atoms with Crippen LogP contribution < -0.4 is 26.6 Å². The van der Waals surface area contributed by atoms with Gasteiger partial charge in [-0.3, -0.25) is 28.8 Å². The van der Waals surface area contributed by atoms with E-state index in [2.05, 4.69) is 73.7 Å². The van der Waals surface area contributed by atoms with Crippen molar-refractivity contribution in [3.63, 3.8) is 0 Å². The lowest BCUT2D eigenvalue weighted by Crippen LogP contribution is -2.18. The van der Waals surface area contributed by atoms with E-state index in [0.29, 0.717) is 46.6 Å². The van der Waals surface area contributed by atoms with Crippen molar-refractivity contribution >= 4 is 63.8 Å². The van der Waals surface area contributed by atoms with E-state index < -0.39 is 5.82 Å². The van der Waals surface area contributed by atoms with Gasteiger partial charge in [0.1, 0.15) is 34.9 Å². The van der Waals surface area contributed by atoms with Gasteiger partial charge < -0.3 is 26.6 Å². The fourth-order valence-corrected chi connectivity index (χ4v) is 16.0. The molecule has 0 radical (unpaired) electrons. The summed E-state index contributed by atoms with van der Waals surface area (Å²) < 4.78 is 71.9. The van der Waals surface area contributed by atoms with Crippen molar-refractivity contribution in [1.82, 2.24) is 0 Å². The zero-order valence-corrected chi connectivity index (χ0v) is 70.2. The summed E-state index contributed by atoms with van der Waals surface area (Å²) in [6.45, 7) is 32.2. The molecule has 15 rings (SSSR count). The molecule has 0 bridgehead atoms. The number of anilines is 5. The lowest BCUT2D eigenvalue weighted by Gasteiger charge is -2.20. The van der Waals surface area contributed by atoms with Crippen molar-refractivity contribution in [1.29, 1.82) is 0 Å². The minimum Gasteiger partial charge on any atom is -0.319 e. The van der Waals surface area contributed by atoms with Gasteiger partial charge in [0.05, 0.1) is 28.4 Å². The molecule has 0 unspecified atom stereocenters. The van der Waals surface area contributed by atoms with Crippen LogP contribution in [-0.2, 0) is 94.7 Å². The molecular weight excluding hydrogens is 1510 g/mol. The highest BCUT2D eigenvalue weighted by atomic mass is 19.1. The number of nitrogens with one attached hydrogen (secondary N) is 5. The van der Waals surface area contributed by atoms with Crippen LogP contribution in [0.3, 0.4) is 0 Å². The molecule has 5 aliphatic rings. The Morgan fingerprint density at radius 1 is 0.333 bits per heavy atom. The minimum atomic E-state index is -0.497. The third-order valence-electron chi connectivity index (χ3n) is 22.5. The zero-order chi connectivity index (χ0) is 86.0. The van der Waals surface area contributed by atoms with E-state index in [4.69, 9.17) is 0 Å². The van der Waals surface area contributed by atoms with Crippen molar-refractivity contribution < 1.29 is 50.7 Å². The number of halogens is 5. The molecule has 0 atom stereocenters. The van der Waals surface area contributed by atoms with Crippen molar-refractivity contribution in [3.8, 4) is 0 Å². The van der Waals surface area contributed by atoms with E-state index in [1.165, 1.54) is 30.3 Å². The fourth-order valence-electron chi connectivity index (χ4n) is 16.0. The number of allylic oxidation sites excluding steroid dienone is 4. The molecule has 5 amide bonds. The fraction of sp³-hybridized carbons (Fsp3) is 0.288. The first kappa shape index (κ1) is 88.6. The number of ketones is 1. The highest BCUT2D eigenvalue weighted by Crippen LogP contribution is 2.36. The number of fused-ring (bicyclic) bond motifs is 5. The molecule has 0 aromatic heterocycles. The summed E-state index contributed by atoms with van der Waals surface area (Å²) in [5.41, 5.74) is 24.5. The number of aryl methyl sites for hydroxylation is 9. The van der Waals surface area contributed by atoms with Gasteiger partial charge in [-0.15, -0.1) is 0 Å². The average Bonchev–Trinajstić information content (AvgIpc) is 0.816. The molecule has 5 N–H and O–H groups in total. The molecule has 16 heteroatoms. The second-order valence-corrected chi connectivity index (χ2v) is 32.6. The van der Waals surface area contributed by atoms with Crippen molar-refractivity contribution in [2.24, 2.45) is 5.92 Å². The Balaban J connectivity index is 0.000000147. The first-order valence-corrected chi connectivity index (χ1v) is 41.8. The highest BCUT2D eigenvalue weighted by molar-refractivity contribution is 6.08. The maximum atomic E-state index is 14.4. The second kappa shape index (κ2) is 41.0. The summed E-state index contributed by atoms with van der Waals surface area (Å²) in [6.07, 6.45) is 15.4. The monoisotopic (exact) mass is 1620 g/mol. The van der Waals surface area contributed by atoms with Gasteiger partial charge in [0, 0.05) is 40.7 Å². The van der Waals surface area contributed by atoms with E-state index in [1.54, 1.807) is 54.6 Å². The molecule has 5 aliphatic carbocycles. The Hall–Kier alpha value is -12.2. The summed E-state index contributed by atoms with van der Waals surface area (Å²) in [5.74, 6) is -2.60. The molecule has 120 heavy (non-hydrogen) atoms. The first-order chi connectivity index (χ1) is 57.5. The molecular formula is C104H108F5N5O6. The number of hydrogen-bond donors (Lipinski definition) is 5. The molecule has 0 spiro atoms. The van der Waals surface area contributed by atoms with Gasteiger partial charge in [-0.05, 0) is 302 Å². The summed E-state index contributed by atoms with van der Waals surface area (Å²) in [5, 5.41) is 13.7. The Labute approximate surface area is 703 Å². The van der Waals surface area contributed by atoms with Gasteiger partial charge in [-0.2, -0.15) is 0 Å². The van der Waals surface area contributed by atoms with Crippen LogP contribution in [0.25, 0.3) is 0 Å². The summed E-state index contributed by atoms with van der Waals surface area (Å²) in [6, 6.07) is 51.9. The summed E-state index contributed by atoms with van der Waals surface area (Å²) >= 11 is 0. The van der Waals surface area contributed by atoms with Crippen LogP contribution in [0.15, 0.2) is 225 Å². The lowest BCUT2D eigenvalue weighted by molar-refractivity contribution is -0.118. The minimum absolute atomic E-state index is 0.131. The molecule has 0 aliphatic heterocycles. The van der Waals surface area contributed by atoms with E-state index in [1.807, 2.05) is 126 Å². The molecule has 11 nitrogen and oxygen atoms in total. The lowest BCUT2D eigenvalue weighted by atomic mass is 9.88. The predicted molar refractivity (Wildman–Crippen MR) is 476 cm³/mol. The van der Waals surface area contributed by atoms with Crippen molar-refractivity contribution in [2.45, 2.75) is 190 Å². The number of carbonyl (C=O) groups is 6. The highest BCUT2D eigenvalue weighted by Gasteiger charge is 2.26. The van der Waals surface area contributed by atoms with E-state index in [0.717, 1.165) is 220 Å². The standard InChI is InChI=1S/C21H22FNO2.3C21H22FNO.C20H20FNO/c1-13(2)9-15-5-3-4-6-18(15)21(25)23-20-12-14-7-8-17(24)10-16(14)11-19(20)22;1-13(2)17-6-4-5-7-18(17)21(24)23-20-12-15-9-8-14(3)10-16(15)11-19(20)22;1-4-15-7-5-14(3)10-18(15)21(24)23-20-12-16-8-6-13(2)9-17(16)11-19(20)22;1-3-6-15-7-4-5-8-18(15)21(24)23-20-13-16-10-9-14(2)11-17(16)12-19(20)22;1-3-14-6-4-5-7-17(14)20(23)22-19-12-15-9-8-13(2)10-16(15)11-18(19)21/h3-6,11-13H,7-10H2,1-2H3,(H,23,25);4-7,11-13H,3,8-10H2,1-2H3,(H,23,24);5,7,10-12H,2,4,6,8-9H2,1,3H3,(H,23,24);4-5,7-8,12-13H,2-3,6,9-11H2,1H3,(H,23,24);4-7,11-12H,2-3,8-10H2,1H3,(H,22,23). The number of Topliss-reactive ketones (excluding diaryl/α,β-unsaturated/α-hetero) is 1. The molecule has 0 heterocycles. The van der Waals surface area contributed by atoms with Crippen LogP contribution in [0.2, 0.25) is 0 Å². The van der Waals surface area contributed by atoms with E-state index in [-0.39, 0.29) is 99.4 Å².